The van der Waals surface area contributed by atoms with Crippen LogP contribution in [0, 0.1) is 0 Å². The van der Waals surface area contributed by atoms with E-state index in [1.54, 1.807) is 6.92 Å². The molecule has 0 unspecified atom stereocenters. The highest BCUT2D eigenvalue weighted by Gasteiger charge is 2.21. The predicted molar refractivity (Wildman–Crippen MR) is 74.7 cm³/mol. The smallest absolute Gasteiger partial charge is 0.333 e. The van der Waals surface area contributed by atoms with Gasteiger partial charge in [0.1, 0.15) is 8.24 Å². The van der Waals surface area contributed by atoms with Gasteiger partial charge in [0.15, 0.2) is 0 Å². The van der Waals surface area contributed by atoms with E-state index in [-0.39, 0.29) is 5.97 Å². The topological polar surface area (TPSA) is 38.3 Å². The molecule has 0 amide bonds. The molecular formula is C11H25NO2Si2. The van der Waals surface area contributed by atoms with Gasteiger partial charge in [-0.25, -0.2) is 4.79 Å². The Hall–Kier alpha value is -0.396. The Morgan fingerprint density at radius 2 is 2.00 bits per heavy atom. The van der Waals surface area contributed by atoms with Crippen molar-refractivity contribution in [3.8, 4) is 0 Å². The van der Waals surface area contributed by atoms with Crippen molar-refractivity contribution < 1.29 is 9.53 Å². The standard InChI is InChI=1S/C11H25NO2Si2/c1-10(2)11(13)14-8-7-9-16(5,6)12-15(3)4/h12,15H,1,7-9H2,2-6H3. The van der Waals surface area contributed by atoms with E-state index in [9.17, 15) is 4.79 Å². The van der Waals surface area contributed by atoms with E-state index in [4.69, 9.17) is 4.74 Å². The Balaban J connectivity index is 3.73. The van der Waals surface area contributed by atoms with Crippen LogP contribution in [-0.4, -0.2) is 29.8 Å². The van der Waals surface area contributed by atoms with Crippen LogP contribution in [0.25, 0.3) is 0 Å². The van der Waals surface area contributed by atoms with Crippen LogP contribution in [0.4, 0.5) is 0 Å². The van der Waals surface area contributed by atoms with Gasteiger partial charge >= 0.3 is 5.97 Å². The third-order valence-electron chi connectivity index (χ3n) is 2.21. The van der Waals surface area contributed by atoms with Crippen molar-refractivity contribution >= 4 is 23.2 Å². The van der Waals surface area contributed by atoms with Gasteiger partial charge in [0.2, 0.25) is 0 Å². The van der Waals surface area contributed by atoms with Crippen LogP contribution >= 0.6 is 0 Å². The van der Waals surface area contributed by atoms with Crippen LogP contribution in [-0.2, 0) is 9.53 Å². The van der Waals surface area contributed by atoms with Crippen molar-refractivity contribution in [2.75, 3.05) is 6.61 Å². The van der Waals surface area contributed by atoms with Crippen LogP contribution < -0.4 is 4.65 Å². The average Bonchev–Trinajstić information content (AvgIpc) is 2.09. The maximum absolute atomic E-state index is 11.1. The molecular weight excluding hydrogens is 234 g/mol. The first-order chi connectivity index (χ1) is 7.24. The van der Waals surface area contributed by atoms with Crippen molar-refractivity contribution in [2.24, 2.45) is 0 Å². The molecule has 0 saturated heterocycles. The third kappa shape index (κ3) is 7.84. The lowest BCUT2D eigenvalue weighted by Gasteiger charge is -2.26. The molecule has 0 atom stereocenters. The molecule has 5 heteroatoms. The van der Waals surface area contributed by atoms with Crippen molar-refractivity contribution in [1.29, 1.82) is 0 Å². The van der Waals surface area contributed by atoms with Crippen molar-refractivity contribution in [1.82, 2.24) is 4.65 Å². The molecule has 0 radical (unpaired) electrons. The minimum absolute atomic E-state index is 0.273. The summed E-state index contributed by atoms with van der Waals surface area (Å²) in [7, 11) is -1.96. The number of nitrogens with one attached hydrogen (secondary N) is 1. The number of hydrogen-bond donors (Lipinski definition) is 1. The normalized spacial score (nSPS) is 11.6. The summed E-state index contributed by atoms with van der Waals surface area (Å²) in [6, 6.07) is 1.15. The fourth-order valence-electron chi connectivity index (χ4n) is 1.66. The lowest BCUT2D eigenvalue weighted by Crippen LogP contribution is -2.50. The summed E-state index contributed by atoms with van der Waals surface area (Å²) in [5.41, 5.74) is 0.476. The second-order valence-electron chi connectivity index (χ2n) is 5.20. The predicted octanol–water partition coefficient (Wildman–Crippen LogP) is 2.27. The van der Waals surface area contributed by atoms with Crippen molar-refractivity contribution in [3.63, 3.8) is 0 Å². The van der Waals surface area contributed by atoms with Crippen LogP contribution in [0.1, 0.15) is 13.3 Å². The molecule has 0 aromatic rings. The maximum atomic E-state index is 11.1. The Bertz CT molecular complexity index is 252. The highest BCUT2D eigenvalue weighted by Crippen LogP contribution is 2.09. The molecule has 1 N–H and O–H groups in total. The molecule has 0 heterocycles. The average molecular weight is 259 g/mol. The molecule has 0 aromatic heterocycles. The van der Waals surface area contributed by atoms with Crippen LogP contribution in [0.15, 0.2) is 12.2 Å². The summed E-state index contributed by atoms with van der Waals surface area (Å²) < 4.78 is 8.82. The molecule has 0 aliphatic heterocycles. The highest BCUT2D eigenvalue weighted by atomic mass is 28.4. The van der Waals surface area contributed by atoms with Gasteiger partial charge in [0.25, 0.3) is 0 Å². The second-order valence-corrected chi connectivity index (χ2v) is 12.9. The zero-order chi connectivity index (χ0) is 12.8. The van der Waals surface area contributed by atoms with Crippen molar-refractivity contribution in [3.05, 3.63) is 12.2 Å². The number of carbonyl (C=O) groups excluding carboxylic acids is 1. The Labute approximate surface area is 102 Å². The Kier molecular flexibility index (Phi) is 6.86. The summed E-state index contributed by atoms with van der Waals surface area (Å²) in [6.07, 6.45) is 0.951. The second kappa shape index (κ2) is 7.03. The molecule has 0 spiro atoms. The van der Waals surface area contributed by atoms with E-state index in [1.807, 2.05) is 0 Å². The summed E-state index contributed by atoms with van der Waals surface area (Å²) in [5.74, 6) is -0.273. The van der Waals surface area contributed by atoms with Gasteiger partial charge in [-0.05, 0) is 19.4 Å². The quantitative estimate of drug-likeness (QED) is 0.330. The molecule has 0 aliphatic carbocycles. The monoisotopic (exact) mass is 259 g/mol. The SMILES string of the molecule is C=C(C)C(=O)OCCC[Si](C)(C)N[SiH](C)C. The molecule has 16 heavy (non-hydrogen) atoms. The molecule has 0 bridgehead atoms. The van der Waals surface area contributed by atoms with Crippen LogP contribution in [0.2, 0.25) is 32.2 Å². The molecule has 0 aromatic carbocycles. The lowest BCUT2D eigenvalue weighted by molar-refractivity contribution is -0.138. The zero-order valence-corrected chi connectivity index (χ0v) is 13.4. The largest absolute Gasteiger partial charge is 0.462 e. The summed E-state index contributed by atoms with van der Waals surface area (Å²) in [6.45, 7) is 15.0. The Morgan fingerprint density at radius 3 is 2.44 bits per heavy atom. The van der Waals surface area contributed by atoms with Gasteiger partial charge in [-0.2, -0.15) is 0 Å². The van der Waals surface area contributed by atoms with Crippen molar-refractivity contribution in [2.45, 2.75) is 45.6 Å². The van der Waals surface area contributed by atoms with Gasteiger partial charge in [-0.1, -0.05) is 32.8 Å². The number of rotatable bonds is 7. The van der Waals surface area contributed by atoms with Gasteiger partial charge in [-0.15, -0.1) is 0 Å². The van der Waals surface area contributed by atoms with E-state index < -0.39 is 17.2 Å². The summed E-state index contributed by atoms with van der Waals surface area (Å²) in [4.78, 5) is 11.1. The maximum Gasteiger partial charge on any atom is 0.333 e. The summed E-state index contributed by atoms with van der Waals surface area (Å²) in [5, 5.41) is 0. The minimum atomic E-state index is -1.27. The molecule has 0 saturated carbocycles. The minimum Gasteiger partial charge on any atom is -0.462 e. The number of carbonyl (C=O) groups is 1. The molecule has 0 rings (SSSR count). The number of hydrogen-bond acceptors (Lipinski definition) is 3. The van der Waals surface area contributed by atoms with E-state index in [1.165, 1.54) is 0 Å². The number of esters is 1. The molecule has 0 fully saturated rings. The summed E-state index contributed by atoms with van der Waals surface area (Å²) >= 11 is 0. The van der Waals surface area contributed by atoms with E-state index in [0.29, 0.717) is 12.2 Å². The fourth-order valence-corrected chi connectivity index (χ4v) is 9.51. The third-order valence-corrected chi connectivity index (χ3v) is 9.25. The van der Waals surface area contributed by atoms with E-state index in [0.717, 1.165) is 12.5 Å². The van der Waals surface area contributed by atoms with E-state index in [2.05, 4.69) is 37.4 Å². The first-order valence-electron chi connectivity index (χ1n) is 5.85. The fraction of sp³-hybridized carbons (Fsp3) is 0.727. The lowest BCUT2D eigenvalue weighted by atomic mass is 10.4. The van der Waals surface area contributed by atoms with E-state index >= 15 is 0 Å². The van der Waals surface area contributed by atoms with Gasteiger partial charge < -0.3 is 9.38 Å². The van der Waals surface area contributed by atoms with Gasteiger partial charge in [0, 0.05) is 5.57 Å². The van der Waals surface area contributed by atoms with Gasteiger partial charge in [-0.3, -0.25) is 0 Å². The first kappa shape index (κ1) is 15.6. The first-order valence-corrected chi connectivity index (χ1v) is 11.9. The molecule has 3 nitrogen and oxygen atoms in total. The number of ether oxygens (including phenoxy) is 1. The molecule has 0 aliphatic rings. The van der Waals surface area contributed by atoms with Crippen LogP contribution in [0.3, 0.4) is 0 Å². The zero-order valence-electron chi connectivity index (χ0n) is 11.2. The van der Waals surface area contributed by atoms with Gasteiger partial charge in [0.05, 0.1) is 15.6 Å². The van der Waals surface area contributed by atoms with Crippen LogP contribution in [0.5, 0.6) is 0 Å². The molecule has 94 valence electrons. The highest BCUT2D eigenvalue weighted by molar-refractivity contribution is 6.83. The Morgan fingerprint density at radius 1 is 1.44 bits per heavy atom.